The summed E-state index contributed by atoms with van der Waals surface area (Å²) in [6, 6.07) is 8.17. The van der Waals surface area contributed by atoms with E-state index in [2.05, 4.69) is 47.2 Å². The number of hydrogen-bond donors (Lipinski definition) is 1. The number of rotatable bonds is 3. The van der Waals surface area contributed by atoms with E-state index in [4.69, 9.17) is 10.3 Å². The minimum absolute atomic E-state index is 0.425. The van der Waals surface area contributed by atoms with Gasteiger partial charge in [0.2, 0.25) is 0 Å². The van der Waals surface area contributed by atoms with Gasteiger partial charge < -0.3 is 10.3 Å². The second kappa shape index (κ2) is 5.36. The van der Waals surface area contributed by atoms with Crippen molar-refractivity contribution in [2.24, 2.45) is 0 Å². The molecular weight excluding hydrogens is 264 g/mol. The number of nitrogens with two attached hydrogens (primary N) is 1. The van der Waals surface area contributed by atoms with E-state index in [1.165, 1.54) is 16.7 Å². The molecule has 0 unspecified atom stereocenters. The zero-order valence-corrected chi connectivity index (χ0v) is 12.0. The second-order valence-corrected chi connectivity index (χ2v) is 5.15. The largest absolute Gasteiger partial charge is 0.397 e. The third kappa shape index (κ3) is 2.91. The first kappa shape index (κ1) is 13.3. The number of aromatic nitrogens is 3. The lowest BCUT2D eigenvalue weighted by Crippen LogP contribution is -1.94. The summed E-state index contributed by atoms with van der Waals surface area (Å²) in [4.78, 5) is 8.36. The normalized spacial score (nSPS) is 10.8. The van der Waals surface area contributed by atoms with E-state index in [0.29, 0.717) is 29.4 Å². The summed E-state index contributed by atoms with van der Waals surface area (Å²) in [7, 11) is 0. The first-order valence-electron chi connectivity index (χ1n) is 6.71. The van der Waals surface area contributed by atoms with Gasteiger partial charge in [0.05, 0.1) is 17.4 Å². The summed E-state index contributed by atoms with van der Waals surface area (Å²) in [5.41, 5.74) is 10.7. The highest BCUT2D eigenvalue weighted by atomic mass is 16.5. The van der Waals surface area contributed by atoms with Crippen molar-refractivity contribution >= 4 is 5.69 Å². The van der Waals surface area contributed by atoms with Crippen LogP contribution in [-0.4, -0.2) is 15.1 Å². The monoisotopic (exact) mass is 280 g/mol. The molecule has 2 N–H and O–H groups in total. The fourth-order valence-corrected chi connectivity index (χ4v) is 2.39. The van der Waals surface area contributed by atoms with Crippen LogP contribution in [0, 0.1) is 13.8 Å². The van der Waals surface area contributed by atoms with Gasteiger partial charge in [-0.15, -0.1) is 0 Å². The van der Waals surface area contributed by atoms with Crippen molar-refractivity contribution < 1.29 is 4.52 Å². The quantitative estimate of drug-likeness (QED) is 0.798. The summed E-state index contributed by atoms with van der Waals surface area (Å²) < 4.78 is 5.30. The number of hydrogen-bond acceptors (Lipinski definition) is 5. The molecule has 0 spiro atoms. The predicted octanol–water partition coefficient (Wildman–Crippen LogP) is 2.92. The molecule has 5 nitrogen and oxygen atoms in total. The van der Waals surface area contributed by atoms with Crippen molar-refractivity contribution in [3.05, 3.63) is 59.2 Å². The SMILES string of the molecule is Cc1cc(C)cc(Cc2noc(-c3ccncc3N)n2)c1. The van der Waals surface area contributed by atoms with Crippen LogP contribution in [0.4, 0.5) is 5.69 Å². The van der Waals surface area contributed by atoms with E-state index in [0.717, 1.165) is 0 Å². The van der Waals surface area contributed by atoms with Gasteiger partial charge in [-0.3, -0.25) is 4.98 Å². The molecule has 0 atom stereocenters. The number of benzene rings is 1. The van der Waals surface area contributed by atoms with Crippen molar-refractivity contribution in [1.82, 2.24) is 15.1 Å². The van der Waals surface area contributed by atoms with Gasteiger partial charge in [-0.1, -0.05) is 34.5 Å². The predicted molar refractivity (Wildman–Crippen MR) is 80.7 cm³/mol. The van der Waals surface area contributed by atoms with Crippen LogP contribution < -0.4 is 5.73 Å². The van der Waals surface area contributed by atoms with Crippen LogP contribution in [0.2, 0.25) is 0 Å². The molecule has 106 valence electrons. The molecule has 3 aromatic rings. The molecule has 2 heterocycles. The highest BCUT2D eigenvalue weighted by Gasteiger charge is 2.12. The van der Waals surface area contributed by atoms with E-state index in [1.54, 1.807) is 18.5 Å². The molecule has 0 aliphatic heterocycles. The molecule has 0 saturated carbocycles. The molecule has 0 fully saturated rings. The molecule has 2 aromatic heterocycles. The van der Waals surface area contributed by atoms with Gasteiger partial charge in [0.15, 0.2) is 5.82 Å². The first-order chi connectivity index (χ1) is 10.1. The van der Waals surface area contributed by atoms with Crippen LogP contribution in [0.25, 0.3) is 11.5 Å². The molecular formula is C16H16N4O. The lowest BCUT2D eigenvalue weighted by molar-refractivity contribution is 0.424. The first-order valence-corrected chi connectivity index (χ1v) is 6.71. The Kier molecular flexibility index (Phi) is 3.39. The molecule has 5 heteroatoms. The van der Waals surface area contributed by atoms with Gasteiger partial charge >= 0.3 is 0 Å². The Bertz CT molecular complexity index is 759. The lowest BCUT2D eigenvalue weighted by atomic mass is 10.1. The van der Waals surface area contributed by atoms with Crippen molar-refractivity contribution in [3.63, 3.8) is 0 Å². The summed E-state index contributed by atoms with van der Waals surface area (Å²) in [5.74, 6) is 1.07. The molecule has 1 aromatic carbocycles. The minimum atomic E-state index is 0.425. The maximum Gasteiger partial charge on any atom is 0.260 e. The minimum Gasteiger partial charge on any atom is -0.397 e. The fourth-order valence-electron chi connectivity index (χ4n) is 2.39. The van der Waals surface area contributed by atoms with E-state index >= 15 is 0 Å². The molecule has 3 rings (SSSR count). The Morgan fingerprint density at radius 3 is 2.62 bits per heavy atom. The van der Waals surface area contributed by atoms with Crippen LogP contribution in [0.3, 0.4) is 0 Å². The van der Waals surface area contributed by atoms with Crippen LogP contribution >= 0.6 is 0 Å². The maximum atomic E-state index is 5.86. The second-order valence-electron chi connectivity index (χ2n) is 5.15. The summed E-state index contributed by atoms with van der Waals surface area (Å²) in [6.07, 6.45) is 3.86. The molecule has 0 bridgehead atoms. The topological polar surface area (TPSA) is 77.8 Å². The van der Waals surface area contributed by atoms with Crippen molar-refractivity contribution in [3.8, 4) is 11.5 Å². The smallest absolute Gasteiger partial charge is 0.260 e. The lowest BCUT2D eigenvalue weighted by Gasteiger charge is -2.01. The Morgan fingerprint density at radius 2 is 1.90 bits per heavy atom. The van der Waals surface area contributed by atoms with E-state index in [-0.39, 0.29) is 0 Å². The number of nitrogens with zero attached hydrogens (tertiary/aromatic N) is 3. The van der Waals surface area contributed by atoms with Gasteiger partial charge in [-0.2, -0.15) is 4.98 Å². The molecule has 21 heavy (non-hydrogen) atoms. The number of aryl methyl sites for hydroxylation is 2. The third-order valence-corrected chi connectivity index (χ3v) is 3.19. The summed E-state index contributed by atoms with van der Waals surface area (Å²) in [5, 5.41) is 4.03. The van der Waals surface area contributed by atoms with Gasteiger partial charge in [-0.05, 0) is 25.5 Å². The third-order valence-electron chi connectivity index (χ3n) is 3.19. The van der Waals surface area contributed by atoms with Gasteiger partial charge in [0.1, 0.15) is 0 Å². The highest BCUT2D eigenvalue weighted by Crippen LogP contribution is 2.23. The van der Waals surface area contributed by atoms with Gasteiger partial charge in [0.25, 0.3) is 5.89 Å². The van der Waals surface area contributed by atoms with Gasteiger partial charge in [0, 0.05) is 12.6 Å². The Labute approximate surface area is 122 Å². The van der Waals surface area contributed by atoms with Crippen molar-refractivity contribution in [1.29, 1.82) is 0 Å². The Balaban J connectivity index is 1.87. The average molecular weight is 280 g/mol. The van der Waals surface area contributed by atoms with E-state index < -0.39 is 0 Å². The van der Waals surface area contributed by atoms with Crippen LogP contribution in [-0.2, 0) is 6.42 Å². The van der Waals surface area contributed by atoms with Crippen LogP contribution in [0.1, 0.15) is 22.5 Å². The van der Waals surface area contributed by atoms with Crippen LogP contribution in [0.5, 0.6) is 0 Å². The zero-order chi connectivity index (χ0) is 14.8. The van der Waals surface area contributed by atoms with E-state index in [1.807, 2.05) is 0 Å². The molecule has 0 saturated heterocycles. The Morgan fingerprint density at radius 1 is 1.14 bits per heavy atom. The van der Waals surface area contributed by atoms with Crippen molar-refractivity contribution in [2.45, 2.75) is 20.3 Å². The summed E-state index contributed by atoms with van der Waals surface area (Å²) in [6.45, 7) is 4.16. The fraction of sp³-hybridized carbons (Fsp3) is 0.188. The van der Waals surface area contributed by atoms with Gasteiger partial charge in [-0.25, -0.2) is 0 Å². The number of pyridine rings is 1. The summed E-state index contributed by atoms with van der Waals surface area (Å²) >= 11 is 0. The maximum absolute atomic E-state index is 5.86. The standard InChI is InChI=1S/C16H16N4O/c1-10-5-11(2)7-12(6-10)8-15-19-16(21-20-15)13-3-4-18-9-14(13)17/h3-7,9H,8,17H2,1-2H3. The number of nitrogen functional groups attached to an aromatic ring is 1. The molecule has 0 aliphatic carbocycles. The van der Waals surface area contributed by atoms with E-state index in [9.17, 15) is 0 Å². The Hall–Kier alpha value is -2.69. The number of anilines is 1. The van der Waals surface area contributed by atoms with Crippen molar-refractivity contribution in [2.75, 3.05) is 5.73 Å². The molecule has 0 amide bonds. The highest BCUT2D eigenvalue weighted by molar-refractivity contribution is 5.68. The van der Waals surface area contributed by atoms with Crippen LogP contribution in [0.15, 0.2) is 41.2 Å². The zero-order valence-electron chi connectivity index (χ0n) is 12.0. The molecule has 0 radical (unpaired) electrons. The molecule has 0 aliphatic rings. The average Bonchev–Trinajstić information content (AvgIpc) is 2.86.